The van der Waals surface area contributed by atoms with Gasteiger partial charge in [-0.25, -0.2) is 0 Å². The first kappa shape index (κ1) is 15.1. The lowest BCUT2D eigenvalue weighted by Crippen LogP contribution is -2.39. The number of nitrogens with zero attached hydrogens (tertiary/aromatic N) is 4. The SMILES string of the molecule is CC1CCN(c2ccc(N3CCCC(C(=O)O)C3)nn2)CC1. The summed E-state index contributed by atoms with van der Waals surface area (Å²) >= 11 is 0. The molecule has 6 nitrogen and oxygen atoms in total. The molecular formula is C16H24N4O2. The van der Waals surface area contributed by atoms with Gasteiger partial charge in [-0.15, -0.1) is 10.2 Å². The van der Waals surface area contributed by atoms with Crippen molar-refractivity contribution < 1.29 is 9.90 Å². The molecule has 120 valence electrons. The Hall–Kier alpha value is -1.85. The number of aromatic nitrogens is 2. The van der Waals surface area contributed by atoms with Crippen LogP contribution in [0.25, 0.3) is 0 Å². The number of hydrogen-bond donors (Lipinski definition) is 1. The van der Waals surface area contributed by atoms with Gasteiger partial charge in [-0.3, -0.25) is 4.79 Å². The van der Waals surface area contributed by atoms with Gasteiger partial charge in [0.05, 0.1) is 5.92 Å². The van der Waals surface area contributed by atoms with Crippen LogP contribution in [0.5, 0.6) is 0 Å². The third kappa shape index (κ3) is 3.31. The van der Waals surface area contributed by atoms with Crippen LogP contribution in [0, 0.1) is 11.8 Å². The van der Waals surface area contributed by atoms with Crippen LogP contribution in [0.4, 0.5) is 11.6 Å². The third-order valence-corrected chi connectivity index (χ3v) is 4.84. The standard InChI is InChI=1S/C16H24N4O2/c1-12-6-9-19(10-7-12)14-4-5-15(18-17-14)20-8-2-3-13(11-20)16(21)22/h4-5,12-13H,2-3,6-11H2,1H3,(H,21,22). The molecule has 0 aliphatic carbocycles. The summed E-state index contributed by atoms with van der Waals surface area (Å²) in [7, 11) is 0. The smallest absolute Gasteiger partial charge is 0.308 e. The number of aliphatic carboxylic acids is 1. The molecule has 0 amide bonds. The number of rotatable bonds is 3. The maximum atomic E-state index is 11.1. The molecule has 1 aromatic rings. The third-order valence-electron chi connectivity index (χ3n) is 4.84. The predicted octanol–water partition coefficient (Wildman–Crippen LogP) is 2.01. The van der Waals surface area contributed by atoms with Crippen LogP contribution in [-0.2, 0) is 4.79 Å². The Bertz CT molecular complexity index is 511. The van der Waals surface area contributed by atoms with Crippen LogP contribution in [-0.4, -0.2) is 47.5 Å². The van der Waals surface area contributed by atoms with Gasteiger partial charge in [0.1, 0.15) is 0 Å². The molecule has 2 saturated heterocycles. The average Bonchev–Trinajstić information content (AvgIpc) is 2.56. The molecule has 0 radical (unpaired) electrons. The summed E-state index contributed by atoms with van der Waals surface area (Å²) in [4.78, 5) is 15.5. The minimum atomic E-state index is -0.711. The molecule has 1 unspecified atom stereocenters. The Morgan fingerprint density at radius 1 is 1.09 bits per heavy atom. The van der Waals surface area contributed by atoms with Crippen molar-refractivity contribution in [3.05, 3.63) is 12.1 Å². The summed E-state index contributed by atoms with van der Waals surface area (Å²) in [6.07, 6.45) is 4.05. The Morgan fingerprint density at radius 2 is 1.73 bits per heavy atom. The molecule has 0 spiro atoms. The molecule has 0 saturated carbocycles. The van der Waals surface area contributed by atoms with Crippen molar-refractivity contribution >= 4 is 17.6 Å². The monoisotopic (exact) mass is 304 g/mol. The van der Waals surface area contributed by atoms with Gasteiger partial charge in [0, 0.05) is 26.2 Å². The minimum Gasteiger partial charge on any atom is -0.481 e. The number of hydrogen-bond acceptors (Lipinski definition) is 5. The predicted molar refractivity (Wildman–Crippen MR) is 85.2 cm³/mol. The number of carboxylic acid groups (broad SMARTS) is 1. The van der Waals surface area contributed by atoms with Gasteiger partial charge in [-0.05, 0) is 43.7 Å². The van der Waals surface area contributed by atoms with Gasteiger partial charge >= 0.3 is 5.97 Å². The molecule has 2 aliphatic heterocycles. The highest BCUT2D eigenvalue weighted by molar-refractivity contribution is 5.71. The van der Waals surface area contributed by atoms with Crippen LogP contribution in [0.2, 0.25) is 0 Å². The van der Waals surface area contributed by atoms with E-state index in [1.807, 2.05) is 17.0 Å². The van der Waals surface area contributed by atoms with Crippen molar-refractivity contribution in [1.82, 2.24) is 10.2 Å². The van der Waals surface area contributed by atoms with E-state index in [1.165, 1.54) is 12.8 Å². The van der Waals surface area contributed by atoms with E-state index in [-0.39, 0.29) is 5.92 Å². The fourth-order valence-electron chi connectivity index (χ4n) is 3.28. The Morgan fingerprint density at radius 3 is 2.32 bits per heavy atom. The van der Waals surface area contributed by atoms with E-state index in [9.17, 15) is 4.79 Å². The molecule has 3 rings (SSSR count). The molecule has 6 heteroatoms. The van der Waals surface area contributed by atoms with Crippen LogP contribution < -0.4 is 9.80 Å². The van der Waals surface area contributed by atoms with E-state index in [4.69, 9.17) is 5.11 Å². The number of piperidine rings is 2. The van der Waals surface area contributed by atoms with Crippen LogP contribution in [0.3, 0.4) is 0 Å². The van der Waals surface area contributed by atoms with Gasteiger partial charge < -0.3 is 14.9 Å². The lowest BCUT2D eigenvalue weighted by molar-refractivity contribution is -0.141. The molecule has 0 bridgehead atoms. The normalized spacial score (nSPS) is 23.6. The largest absolute Gasteiger partial charge is 0.481 e. The zero-order valence-electron chi connectivity index (χ0n) is 13.1. The van der Waals surface area contributed by atoms with Gasteiger partial charge in [-0.2, -0.15) is 0 Å². The van der Waals surface area contributed by atoms with E-state index in [2.05, 4.69) is 22.0 Å². The van der Waals surface area contributed by atoms with Crippen molar-refractivity contribution in [2.24, 2.45) is 11.8 Å². The highest BCUT2D eigenvalue weighted by Crippen LogP contribution is 2.24. The molecule has 2 fully saturated rings. The summed E-state index contributed by atoms with van der Waals surface area (Å²) < 4.78 is 0. The van der Waals surface area contributed by atoms with E-state index >= 15 is 0 Å². The topological polar surface area (TPSA) is 69.6 Å². The van der Waals surface area contributed by atoms with Gasteiger partial charge in [0.25, 0.3) is 0 Å². The Labute approximate surface area is 131 Å². The number of anilines is 2. The van der Waals surface area contributed by atoms with E-state index in [0.29, 0.717) is 6.54 Å². The Kier molecular flexibility index (Phi) is 4.45. The first-order chi connectivity index (χ1) is 10.6. The molecule has 2 aliphatic rings. The zero-order valence-corrected chi connectivity index (χ0v) is 13.1. The lowest BCUT2D eigenvalue weighted by atomic mass is 9.98. The zero-order chi connectivity index (χ0) is 15.5. The minimum absolute atomic E-state index is 0.293. The molecular weight excluding hydrogens is 280 g/mol. The van der Waals surface area contributed by atoms with Gasteiger partial charge in [0.2, 0.25) is 0 Å². The maximum absolute atomic E-state index is 11.1. The summed E-state index contributed by atoms with van der Waals surface area (Å²) in [5.74, 6) is 1.52. The Balaban J connectivity index is 1.65. The second-order valence-corrected chi connectivity index (χ2v) is 6.54. The highest BCUT2D eigenvalue weighted by atomic mass is 16.4. The quantitative estimate of drug-likeness (QED) is 0.921. The van der Waals surface area contributed by atoms with Crippen LogP contribution in [0.15, 0.2) is 12.1 Å². The molecule has 1 N–H and O–H groups in total. The molecule has 3 heterocycles. The van der Waals surface area contributed by atoms with E-state index in [1.54, 1.807) is 0 Å². The van der Waals surface area contributed by atoms with Crippen molar-refractivity contribution in [3.63, 3.8) is 0 Å². The molecule has 22 heavy (non-hydrogen) atoms. The molecule has 0 aromatic carbocycles. The van der Waals surface area contributed by atoms with Crippen LogP contribution in [0.1, 0.15) is 32.6 Å². The molecule has 1 aromatic heterocycles. The van der Waals surface area contributed by atoms with Crippen molar-refractivity contribution in [2.45, 2.75) is 32.6 Å². The van der Waals surface area contributed by atoms with Gasteiger partial charge in [0.15, 0.2) is 11.6 Å². The molecule has 1 atom stereocenters. The van der Waals surface area contributed by atoms with E-state index < -0.39 is 5.97 Å². The summed E-state index contributed by atoms with van der Waals surface area (Å²) in [5, 5.41) is 17.9. The van der Waals surface area contributed by atoms with Crippen molar-refractivity contribution in [1.29, 1.82) is 0 Å². The van der Waals surface area contributed by atoms with Gasteiger partial charge in [-0.1, -0.05) is 6.92 Å². The summed E-state index contributed by atoms with van der Waals surface area (Å²) in [6.45, 7) is 5.77. The van der Waals surface area contributed by atoms with Crippen molar-refractivity contribution in [3.8, 4) is 0 Å². The van der Waals surface area contributed by atoms with Crippen LogP contribution >= 0.6 is 0 Å². The highest BCUT2D eigenvalue weighted by Gasteiger charge is 2.26. The average molecular weight is 304 g/mol. The maximum Gasteiger partial charge on any atom is 0.308 e. The number of carboxylic acids is 1. The van der Waals surface area contributed by atoms with Crippen molar-refractivity contribution in [2.75, 3.05) is 36.0 Å². The first-order valence-corrected chi connectivity index (χ1v) is 8.20. The summed E-state index contributed by atoms with van der Waals surface area (Å²) in [6, 6.07) is 3.99. The van der Waals surface area contributed by atoms with E-state index in [0.717, 1.165) is 50.0 Å². The fourth-order valence-corrected chi connectivity index (χ4v) is 3.28. The number of carbonyl (C=O) groups is 1. The second-order valence-electron chi connectivity index (χ2n) is 6.54. The lowest BCUT2D eigenvalue weighted by Gasteiger charge is -2.32. The summed E-state index contributed by atoms with van der Waals surface area (Å²) in [5.41, 5.74) is 0. The first-order valence-electron chi connectivity index (χ1n) is 8.20. The second kappa shape index (κ2) is 6.50. The fraction of sp³-hybridized carbons (Fsp3) is 0.688.